The van der Waals surface area contributed by atoms with Crippen molar-refractivity contribution in [3.63, 3.8) is 0 Å². The van der Waals surface area contributed by atoms with Gasteiger partial charge in [0.2, 0.25) is 0 Å². The summed E-state index contributed by atoms with van der Waals surface area (Å²) in [5, 5.41) is 18.7. The van der Waals surface area contributed by atoms with E-state index in [4.69, 9.17) is 14.2 Å². The predicted molar refractivity (Wildman–Crippen MR) is 99.5 cm³/mol. The zero-order valence-corrected chi connectivity index (χ0v) is 16.1. The maximum Gasteiger partial charge on any atom is 0.0701 e. The van der Waals surface area contributed by atoms with Gasteiger partial charge in [-0.1, -0.05) is 31.6 Å². The van der Waals surface area contributed by atoms with Crippen molar-refractivity contribution in [2.24, 2.45) is 17.8 Å². The van der Waals surface area contributed by atoms with E-state index in [9.17, 15) is 10.2 Å². The summed E-state index contributed by atoms with van der Waals surface area (Å²) in [6.45, 7) is 7.93. The van der Waals surface area contributed by atoms with Gasteiger partial charge in [0.15, 0.2) is 0 Å². The lowest BCUT2D eigenvalue weighted by molar-refractivity contribution is 0.0212. The van der Waals surface area contributed by atoms with Gasteiger partial charge in [0.1, 0.15) is 0 Å². The lowest BCUT2D eigenvalue weighted by Gasteiger charge is -2.31. The number of aliphatic hydroxyl groups excluding tert-OH is 2. The largest absolute Gasteiger partial charge is 0.396 e. The molecule has 0 aliphatic heterocycles. The smallest absolute Gasteiger partial charge is 0.0701 e. The molecule has 5 nitrogen and oxygen atoms in total. The molecule has 0 saturated carbocycles. The maximum atomic E-state index is 9.42. The van der Waals surface area contributed by atoms with Crippen LogP contribution in [-0.2, 0) is 14.2 Å². The monoisotopic (exact) mass is 356 g/mol. The van der Waals surface area contributed by atoms with Gasteiger partial charge in [-0.05, 0) is 42.6 Å². The lowest BCUT2D eigenvalue weighted by atomic mass is 9.75. The fourth-order valence-corrected chi connectivity index (χ4v) is 3.19. The molecule has 25 heavy (non-hydrogen) atoms. The van der Waals surface area contributed by atoms with Gasteiger partial charge < -0.3 is 24.4 Å². The summed E-state index contributed by atoms with van der Waals surface area (Å²) in [6.07, 6.45) is 6.91. The Morgan fingerprint density at radius 3 is 2.40 bits per heavy atom. The van der Waals surface area contributed by atoms with Gasteiger partial charge in [0.05, 0.1) is 33.0 Å². The summed E-state index contributed by atoms with van der Waals surface area (Å²) < 4.78 is 16.0. The summed E-state index contributed by atoms with van der Waals surface area (Å²) >= 11 is 0. The molecule has 0 heterocycles. The molecular formula is C20H36O5. The normalized spacial score (nSPS) is 20.1. The molecule has 0 spiro atoms. The second-order valence-corrected chi connectivity index (χ2v) is 6.80. The SMILES string of the molecule is COCCOCCOCCC(C)C(C)C1=CC(CO)=CCC1CCO. The van der Waals surface area contributed by atoms with E-state index in [1.165, 1.54) is 5.57 Å². The Kier molecular flexibility index (Phi) is 12.0. The van der Waals surface area contributed by atoms with Crippen LogP contribution in [0.3, 0.4) is 0 Å². The Labute approximate surface area is 152 Å². The quantitative estimate of drug-likeness (QED) is 0.468. The topological polar surface area (TPSA) is 68.2 Å². The van der Waals surface area contributed by atoms with Crippen LogP contribution in [0.15, 0.2) is 23.3 Å². The number of aliphatic hydroxyl groups is 2. The number of ether oxygens (including phenoxy) is 3. The highest BCUT2D eigenvalue weighted by molar-refractivity contribution is 5.31. The Balaban J connectivity index is 2.36. The highest BCUT2D eigenvalue weighted by Crippen LogP contribution is 2.36. The van der Waals surface area contributed by atoms with Gasteiger partial charge in [0.25, 0.3) is 0 Å². The zero-order valence-electron chi connectivity index (χ0n) is 16.1. The van der Waals surface area contributed by atoms with Gasteiger partial charge in [0, 0.05) is 20.3 Å². The molecule has 0 saturated heterocycles. The number of hydrogen-bond acceptors (Lipinski definition) is 5. The summed E-state index contributed by atoms with van der Waals surface area (Å²) in [5.74, 6) is 1.28. The van der Waals surface area contributed by atoms with Crippen LogP contribution < -0.4 is 0 Å². The fraction of sp³-hybridized carbons (Fsp3) is 0.800. The molecule has 1 rings (SSSR count). The van der Waals surface area contributed by atoms with Crippen LogP contribution in [0.2, 0.25) is 0 Å². The number of rotatable bonds is 14. The molecule has 1 aliphatic rings. The van der Waals surface area contributed by atoms with Crippen LogP contribution >= 0.6 is 0 Å². The second-order valence-electron chi connectivity index (χ2n) is 6.80. The van der Waals surface area contributed by atoms with Gasteiger partial charge in [-0.3, -0.25) is 0 Å². The third kappa shape index (κ3) is 8.47. The van der Waals surface area contributed by atoms with Crippen molar-refractivity contribution in [1.29, 1.82) is 0 Å². The average Bonchev–Trinajstić information content (AvgIpc) is 2.63. The standard InChI is InChI=1S/C20H36O5/c1-16(7-9-24-12-13-25-11-10-23-3)17(2)20-14-18(15-22)4-5-19(20)6-8-21/h4,14,16-17,19,21-22H,5-13,15H2,1-3H3. The minimum Gasteiger partial charge on any atom is -0.396 e. The van der Waals surface area contributed by atoms with Crippen LogP contribution in [-0.4, -0.2) is 63.6 Å². The van der Waals surface area contributed by atoms with E-state index in [0.717, 1.165) is 31.4 Å². The first-order chi connectivity index (χ1) is 12.1. The summed E-state index contributed by atoms with van der Waals surface area (Å²) in [6, 6.07) is 0. The summed E-state index contributed by atoms with van der Waals surface area (Å²) in [4.78, 5) is 0. The molecule has 0 fully saturated rings. The Morgan fingerprint density at radius 2 is 1.76 bits per heavy atom. The molecule has 146 valence electrons. The molecule has 3 atom stereocenters. The van der Waals surface area contributed by atoms with Crippen molar-refractivity contribution in [3.05, 3.63) is 23.3 Å². The van der Waals surface area contributed by atoms with E-state index in [0.29, 0.717) is 44.2 Å². The van der Waals surface area contributed by atoms with Crippen LogP contribution in [0.5, 0.6) is 0 Å². The van der Waals surface area contributed by atoms with Gasteiger partial charge >= 0.3 is 0 Å². The first-order valence-corrected chi connectivity index (χ1v) is 9.40. The average molecular weight is 357 g/mol. The first-order valence-electron chi connectivity index (χ1n) is 9.40. The van der Waals surface area contributed by atoms with E-state index in [1.54, 1.807) is 7.11 Å². The van der Waals surface area contributed by atoms with E-state index in [2.05, 4.69) is 26.0 Å². The molecule has 1 aliphatic carbocycles. The Hall–Kier alpha value is -0.720. The first kappa shape index (κ1) is 22.3. The predicted octanol–water partition coefficient (Wildman–Crippen LogP) is 2.58. The number of hydrogen-bond donors (Lipinski definition) is 2. The molecule has 0 amide bonds. The van der Waals surface area contributed by atoms with Crippen LogP contribution in [0, 0.1) is 17.8 Å². The Morgan fingerprint density at radius 1 is 1.08 bits per heavy atom. The van der Waals surface area contributed by atoms with Gasteiger partial charge in [-0.2, -0.15) is 0 Å². The molecule has 5 heteroatoms. The highest BCUT2D eigenvalue weighted by atomic mass is 16.5. The van der Waals surface area contributed by atoms with Crippen molar-refractivity contribution in [1.82, 2.24) is 0 Å². The van der Waals surface area contributed by atoms with E-state index >= 15 is 0 Å². The van der Waals surface area contributed by atoms with Crippen molar-refractivity contribution >= 4 is 0 Å². The van der Waals surface area contributed by atoms with Crippen LogP contribution in [0.1, 0.15) is 33.1 Å². The summed E-state index contributed by atoms with van der Waals surface area (Å²) in [7, 11) is 1.66. The summed E-state index contributed by atoms with van der Waals surface area (Å²) in [5.41, 5.74) is 2.35. The highest BCUT2D eigenvalue weighted by Gasteiger charge is 2.25. The van der Waals surface area contributed by atoms with Crippen molar-refractivity contribution < 1.29 is 24.4 Å². The van der Waals surface area contributed by atoms with Crippen LogP contribution in [0.4, 0.5) is 0 Å². The van der Waals surface area contributed by atoms with Crippen molar-refractivity contribution in [3.8, 4) is 0 Å². The number of methoxy groups -OCH3 is 1. The molecule has 2 N–H and O–H groups in total. The van der Waals surface area contributed by atoms with Crippen LogP contribution in [0.25, 0.3) is 0 Å². The van der Waals surface area contributed by atoms with E-state index < -0.39 is 0 Å². The number of allylic oxidation sites excluding steroid dienone is 2. The minimum absolute atomic E-state index is 0.0859. The Bertz CT molecular complexity index is 405. The molecule has 3 unspecified atom stereocenters. The third-order valence-electron chi connectivity index (χ3n) is 5.05. The molecule has 0 bridgehead atoms. The third-order valence-corrected chi connectivity index (χ3v) is 5.05. The van der Waals surface area contributed by atoms with Crippen molar-refractivity contribution in [2.75, 3.05) is 53.4 Å². The zero-order chi connectivity index (χ0) is 18.5. The molecular weight excluding hydrogens is 320 g/mol. The van der Waals surface area contributed by atoms with E-state index in [1.807, 2.05) is 0 Å². The molecule has 0 aromatic rings. The van der Waals surface area contributed by atoms with Gasteiger partial charge in [-0.15, -0.1) is 0 Å². The lowest BCUT2D eigenvalue weighted by Crippen LogP contribution is -2.22. The van der Waals surface area contributed by atoms with E-state index in [-0.39, 0.29) is 13.2 Å². The fourth-order valence-electron chi connectivity index (χ4n) is 3.19. The van der Waals surface area contributed by atoms with Gasteiger partial charge in [-0.25, -0.2) is 0 Å². The van der Waals surface area contributed by atoms with Crippen molar-refractivity contribution in [2.45, 2.75) is 33.1 Å². The molecule has 0 aromatic carbocycles. The molecule has 0 radical (unpaired) electrons. The second kappa shape index (κ2) is 13.5. The molecule has 0 aromatic heterocycles. The minimum atomic E-state index is 0.0859. The maximum absolute atomic E-state index is 9.42.